The van der Waals surface area contributed by atoms with Gasteiger partial charge in [0, 0.05) is 4.47 Å². The molecule has 1 aliphatic carbocycles. The Balaban J connectivity index is 1.87. The Kier molecular flexibility index (Phi) is 5.09. The Morgan fingerprint density at radius 2 is 2.04 bits per heavy atom. The van der Waals surface area contributed by atoms with Gasteiger partial charge >= 0.3 is 5.97 Å². The summed E-state index contributed by atoms with van der Waals surface area (Å²) in [5.74, 6) is -0.314. The lowest BCUT2D eigenvalue weighted by molar-refractivity contribution is -0.154. The molecule has 1 saturated heterocycles. The van der Waals surface area contributed by atoms with Crippen molar-refractivity contribution in [3.8, 4) is 0 Å². The lowest BCUT2D eigenvalue weighted by Crippen LogP contribution is -2.37. The van der Waals surface area contributed by atoms with Crippen LogP contribution in [0.25, 0.3) is 0 Å². The minimum absolute atomic E-state index is 0.0113. The van der Waals surface area contributed by atoms with Crippen molar-refractivity contribution in [2.75, 3.05) is 26.8 Å². The molecule has 0 bridgehead atoms. The van der Waals surface area contributed by atoms with Gasteiger partial charge in [-0.25, -0.2) is 4.79 Å². The fourth-order valence-corrected chi connectivity index (χ4v) is 4.51. The maximum Gasteiger partial charge on any atom is 0.331 e. The summed E-state index contributed by atoms with van der Waals surface area (Å²) in [5.41, 5.74) is 1.12. The Hall–Kier alpha value is -0.910. The molecule has 1 saturated carbocycles. The highest BCUT2D eigenvalue weighted by Crippen LogP contribution is 2.55. The largest absolute Gasteiger partial charge is 0.467 e. The molecule has 5 heteroatoms. The first kappa shape index (κ1) is 16.9. The number of methoxy groups -OCH3 is 1. The van der Waals surface area contributed by atoms with Gasteiger partial charge in [-0.1, -0.05) is 28.1 Å². The zero-order valence-corrected chi connectivity index (χ0v) is 15.2. The third-order valence-corrected chi connectivity index (χ3v) is 5.92. The minimum Gasteiger partial charge on any atom is -0.467 e. The maximum absolute atomic E-state index is 11.6. The first-order chi connectivity index (χ1) is 11.1. The Bertz CT molecular complexity index is 571. The molecule has 0 radical (unpaired) electrons. The predicted molar refractivity (Wildman–Crippen MR) is 92.2 cm³/mol. The van der Waals surface area contributed by atoms with Crippen LogP contribution >= 0.6 is 15.9 Å². The van der Waals surface area contributed by atoms with E-state index in [-0.39, 0.29) is 18.2 Å². The van der Waals surface area contributed by atoms with E-state index < -0.39 is 0 Å². The van der Waals surface area contributed by atoms with Crippen LogP contribution in [0.3, 0.4) is 0 Å². The molecule has 23 heavy (non-hydrogen) atoms. The third kappa shape index (κ3) is 3.62. The molecule has 2 aliphatic rings. The molecule has 1 aromatic carbocycles. The van der Waals surface area contributed by atoms with E-state index in [2.05, 4.69) is 33.4 Å². The number of carbonyl (C=O) groups excluding carboxylic acids is 1. The smallest absolute Gasteiger partial charge is 0.331 e. The topological polar surface area (TPSA) is 47.6 Å². The van der Waals surface area contributed by atoms with E-state index in [1.54, 1.807) is 0 Å². The molecule has 3 rings (SSSR count). The normalized spacial score (nSPS) is 26.3. The highest BCUT2D eigenvalue weighted by atomic mass is 79.9. The molecule has 1 aliphatic heterocycles. The molecule has 0 amide bonds. The van der Waals surface area contributed by atoms with Crippen LogP contribution in [0.4, 0.5) is 0 Å². The summed E-state index contributed by atoms with van der Waals surface area (Å²) in [4.78, 5) is 11.6. The third-order valence-electron chi connectivity index (χ3n) is 5.43. The number of rotatable bonds is 4. The predicted octanol–water partition coefficient (Wildman–Crippen LogP) is 3.39. The van der Waals surface area contributed by atoms with Crippen LogP contribution in [-0.4, -0.2) is 32.8 Å². The van der Waals surface area contributed by atoms with Crippen molar-refractivity contribution < 1.29 is 14.3 Å². The van der Waals surface area contributed by atoms with E-state index >= 15 is 0 Å². The summed E-state index contributed by atoms with van der Waals surface area (Å²) in [6, 6.07) is 8.29. The molecular formula is C18H24BrNO3. The summed E-state index contributed by atoms with van der Waals surface area (Å²) in [6.45, 7) is 2.16. The van der Waals surface area contributed by atoms with Crippen LogP contribution in [0.5, 0.6) is 0 Å². The van der Waals surface area contributed by atoms with Crippen molar-refractivity contribution in [2.24, 2.45) is 5.41 Å². The van der Waals surface area contributed by atoms with Crippen molar-refractivity contribution in [1.29, 1.82) is 0 Å². The fourth-order valence-electron chi connectivity index (χ4n) is 4.11. The summed E-state index contributed by atoms with van der Waals surface area (Å²) in [7, 11) is 1.40. The Morgan fingerprint density at radius 3 is 2.74 bits per heavy atom. The quantitative estimate of drug-likeness (QED) is 0.812. The zero-order chi connectivity index (χ0) is 16.3. The van der Waals surface area contributed by atoms with Gasteiger partial charge < -0.3 is 14.8 Å². The van der Waals surface area contributed by atoms with Gasteiger partial charge in [0.05, 0.1) is 12.7 Å². The van der Waals surface area contributed by atoms with Crippen molar-refractivity contribution in [3.05, 3.63) is 34.3 Å². The number of benzene rings is 1. The Morgan fingerprint density at radius 1 is 1.26 bits per heavy atom. The minimum atomic E-state index is -0.380. The van der Waals surface area contributed by atoms with E-state index in [4.69, 9.17) is 9.47 Å². The van der Waals surface area contributed by atoms with Crippen LogP contribution in [0.2, 0.25) is 0 Å². The maximum atomic E-state index is 11.6. The van der Waals surface area contributed by atoms with Crippen molar-refractivity contribution in [3.63, 3.8) is 0 Å². The zero-order valence-electron chi connectivity index (χ0n) is 13.6. The van der Waals surface area contributed by atoms with Gasteiger partial charge in [-0.05, 0) is 68.3 Å². The van der Waals surface area contributed by atoms with Gasteiger partial charge in [0.2, 0.25) is 0 Å². The van der Waals surface area contributed by atoms with Gasteiger partial charge in [0.1, 0.15) is 6.61 Å². The van der Waals surface area contributed by atoms with Crippen LogP contribution in [0.1, 0.15) is 37.7 Å². The lowest BCUT2D eigenvalue weighted by Gasteiger charge is -2.37. The standard InChI is InChI=1S/C18H24BrNO3/c1-22-16(21)12-23-18(14-3-2-4-15(19)11-14)6-5-17(13-18)7-9-20-10-8-17/h2-4,11,20H,5-10,12-13H2,1H3. The van der Waals surface area contributed by atoms with E-state index in [1.807, 2.05) is 12.1 Å². The number of ether oxygens (including phenoxy) is 2. The van der Waals surface area contributed by atoms with Gasteiger partial charge in [-0.2, -0.15) is 0 Å². The highest BCUT2D eigenvalue weighted by molar-refractivity contribution is 9.10. The second kappa shape index (κ2) is 6.91. The fraction of sp³-hybridized carbons (Fsp3) is 0.611. The second-order valence-corrected chi connectivity index (χ2v) is 7.71. The highest BCUT2D eigenvalue weighted by Gasteiger charge is 2.50. The van der Waals surface area contributed by atoms with Gasteiger partial charge in [0.25, 0.3) is 0 Å². The summed E-state index contributed by atoms with van der Waals surface area (Å²) >= 11 is 3.56. The van der Waals surface area contributed by atoms with Crippen molar-refractivity contribution >= 4 is 21.9 Å². The molecule has 1 heterocycles. The summed E-state index contributed by atoms with van der Waals surface area (Å²) in [6.07, 6.45) is 5.46. The van der Waals surface area contributed by atoms with Crippen molar-refractivity contribution in [2.45, 2.75) is 37.7 Å². The molecule has 126 valence electrons. The molecule has 1 unspecified atom stereocenters. The number of hydrogen-bond donors (Lipinski definition) is 1. The van der Waals surface area contributed by atoms with E-state index in [9.17, 15) is 4.79 Å². The first-order valence-electron chi connectivity index (χ1n) is 8.25. The lowest BCUT2D eigenvalue weighted by atomic mass is 9.75. The van der Waals surface area contributed by atoms with Crippen LogP contribution in [-0.2, 0) is 19.9 Å². The first-order valence-corrected chi connectivity index (χ1v) is 9.04. The molecular weight excluding hydrogens is 358 g/mol. The number of piperidine rings is 1. The monoisotopic (exact) mass is 381 g/mol. The average Bonchev–Trinajstić information content (AvgIpc) is 2.93. The molecule has 4 nitrogen and oxygen atoms in total. The molecule has 1 atom stereocenters. The molecule has 0 aromatic heterocycles. The molecule has 2 fully saturated rings. The number of halogens is 1. The molecule has 1 aromatic rings. The van der Waals surface area contributed by atoms with Crippen molar-refractivity contribution in [1.82, 2.24) is 5.32 Å². The average molecular weight is 382 g/mol. The number of hydrogen-bond acceptors (Lipinski definition) is 4. The number of carbonyl (C=O) groups is 1. The van der Waals surface area contributed by atoms with Gasteiger partial charge in [-0.3, -0.25) is 0 Å². The summed E-state index contributed by atoms with van der Waals surface area (Å²) in [5, 5.41) is 3.45. The van der Waals surface area contributed by atoms with E-state index in [0.29, 0.717) is 5.41 Å². The molecule has 1 spiro atoms. The van der Waals surface area contributed by atoms with Crippen LogP contribution in [0, 0.1) is 5.41 Å². The Labute approximate surface area is 146 Å². The van der Waals surface area contributed by atoms with Gasteiger partial charge in [0.15, 0.2) is 0 Å². The molecule has 1 N–H and O–H groups in total. The SMILES string of the molecule is COC(=O)COC1(c2cccc(Br)c2)CCC2(CCNCC2)C1. The number of nitrogens with one attached hydrogen (secondary N) is 1. The summed E-state index contributed by atoms with van der Waals surface area (Å²) < 4.78 is 12.0. The van der Waals surface area contributed by atoms with E-state index in [1.165, 1.54) is 20.0 Å². The van der Waals surface area contributed by atoms with Gasteiger partial charge in [-0.15, -0.1) is 0 Å². The number of esters is 1. The van der Waals surface area contributed by atoms with E-state index in [0.717, 1.165) is 42.4 Å². The van der Waals surface area contributed by atoms with Crippen LogP contribution in [0.15, 0.2) is 28.7 Å². The van der Waals surface area contributed by atoms with Crippen LogP contribution < -0.4 is 5.32 Å². The second-order valence-electron chi connectivity index (χ2n) is 6.80.